The van der Waals surface area contributed by atoms with Crippen molar-refractivity contribution < 1.29 is 0 Å². The van der Waals surface area contributed by atoms with Crippen LogP contribution in [0, 0.1) is 0 Å². The summed E-state index contributed by atoms with van der Waals surface area (Å²) in [5.74, 6) is 0. The van der Waals surface area contributed by atoms with Gasteiger partial charge in [0.25, 0.3) is 0 Å². The number of benzene rings is 1. The van der Waals surface area contributed by atoms with E-state index in [1.54, 1.807) is 10.4 Å². The first-order chi connectivity index (χ1) is 9.42. The Balaban J connectivity index is 1.72. The predicted octanol–water partition coefficient (Wildman–Crippen LogP) is 3.17. The molecule has 19 heavy (non-hydrogen) atoms. The molecule has 0 aliphatic carbocycles. The Kier molecular flexibility index (Phi) is 2.72. The molecule has 0 radical (unpaired) electrons. The molecule has 4 rings (SSSR count). The summed E-state index contributed by atoms with van der Waals surface area (Å²) in [6.07, 6.45) is 1.21. The third-order valence-electron chi connectivity index (χ3n) is 4.36. The third kappa shape index (κ3) is 1.55. The fourth-order valence-electron chi connectivity index (χ4n) is 3.63. The van der Waals surface area contributed by atoms with Crippen molar-refractivity contribution in [1.29, 1.82) is 0 Å². The Hall–Kier alpha value is -1.16. The number of rotatable bonds is 4. The molecule has 0 saturated heterocycles. The number of hydrogen-bond donors (Lipinski definition) is 1. The predicted molar refractivity (Wildman–Crippen MR) is 79.7 cm³/mol. The topological polar surface area (TPSA) is 15.3 Å². The van der Waals surface area contributed by atoms with Gasteiger partial charge in [-0.25, -0.2) is 0 Å². The molecule has 2 bridgehead atoms. The van der Waals surface area contributed by atoms with E-state index in [0.29, 0.717) is 12.1 Å². The van der Waals surface area contributed by atoms with Crippen LogP contribution < -0.4 is 5.32 Å². The van der Waals surface area contributed by atoms with E-state index in [1.807, 2.05) is 18.4 Å². The van der Waals surface area contributed by atoms with Crippen LogP contribution >= 0.6 is 11.3 Å². The van der Waals surface area contributed by atoms with Crippen LogP contribution in [0.3, 0.4) is 0 Å². The fourth-order valence-corrected chi connectivity index (χ4v) is 4.70. The first kappa shape index (κ1) is 11.6. The zero-order valence-corrected chi connectivity index (χ0v) is 11.9. The molecule has 2 aliphatic heterocycles. The molecule has 0 amide bonds. The maximum atomic E-state index is 3.25. The van der Waals surface area contributed by atoms with E-state index in [1.165, 1.54) is 24.1 Å². The molecule has 98 valence electrons. The van der Waals surface area contributed by atoms with E-state index in [-0.39, 0.29) is 0 Å². The second kappa shape index (κ2) is 4.44. The van der Waals surface area contributed by atoms with E-state index in [9.17, 15) is 0 Å². The fraction of sp³-hybridized carbons (Fsp3) is 0.375. The van der Waals surface area contributed by atoms with Crippen molar-refractivity contribution in [1.82, 2.24) is 10.2 Å². The van der Waals surface area contributed by atoms with E-state index in [2.05, 4.69) is 45.9 Å². The molecule has 1 aromatic carbocycles. The molecule has 0 spiro atoms. The van der Waals surface area contributed by atoms with Gasteiger partial charge in [-0.05, 0) is 48.2 Å². The van der Waals surface area contributed by atoms with Crippen molar-refractivity contribution in [2.45, 2.75) is 18.5 Å². The van der Waals surface area contributed by atoms with Crippen molar-refractivity contribution in [2.75, 3.05) is 20.1 Å². The number of hydrogen-bond acceptors (Lipinski definition) is 3. The van der Waals surface area contributed by atoms with Gasteiger partial charge in [-0.1, -0.05) is 24.3 Å². The summed E-state index contributed by atoms with van der Waals surface area (Å²) in [4.78, 5) is 4.26. The minimum absolute atomic E-state index is 0.513. The Morgan fingerprint density at radius 1 is 1.11 bits per heavy atom. The highest BCUT2D eigenvalue weighted by Crippen LogP contribution is 2.57. The van der Waals surface area contributed by atoms with Crippen molar-refractivity contribution in [3.8, 4) is 0 Å². The summed E-state index contributed by atoms with van der Waals surface area (Å²) < 4.78 is 0. The summed E-state index contributed by atoms with van der Waals surface area (Å²) >= 11 is 1.92. The number of nitrogens with zero attached hydrogens (tertiary/aromatic N) is 1. The Labute approximate surface area is 118 Å². The SMILES string of the molecule is CNCCCN1C2c3ccccc3C1c1sccc12. The molecular formula is C16H18N2S. The van der Waals surface area contributed by atoms with Crippen molar-refractivity contribution >= 4 is 11.3 Å². The standard InChI is InChI=1S/C16H18N2S/c1-17-8-4-9-18-14-11-5-2-3-6-12(11)15(18)16-13(14)7-10-19-16/h2-3,5-7,10,14-15,17H,4,8-9H2,1H3. The summed E-state index contributed by atoms with van der Waals surface area (Å²) in [5.41, 5.74) is 4.62. The van der Waals surface area contributed by atoms with E-state index < -0.39 is 0 Å². The van der Waals surface area contributed by atoms with Gasteiger partial charge in [0.15, 0.2) is 0 Å². The normalized spacial score (nSPS) is 23.6. The Morgan fingerprint density at radius 2 is 1.89 bits per heavy atom. The van der Waals surface area contributed by atoms with Gasteiger partial charge in [0, 0.05) is 11.4 Å². The van der Waals surface area contributed by atoms with Crippen LogP contribution in [-0.2, 0) is 0 Å². The highest BCUT2D eigenvalue weighted by atomic mass is 32.1. The third-order valence-corrected chi connectivity index (χ3v) is 5.35. The summed E-state index contributed by atoms with van der Waals surface area (Å²) in [7, 11) is 2.03. The number of fused-ring (bicyclic) bond motifs is 8. The molecule has 2 atom stereocenters. The molecule has 0 saturated carbocycles. The first-order valence-corrected chi connectivity index (χ1v) is 7.86. The lowest BCUT2D eigenvalue weighted by Crippen LogP contribution is -2.25. The van der Waals surface area contributed by atoms with E-state index >= 15 is 0 Å². The molecule has 1 aromatic heterocycles. The van der Waals surface area contributed by atoms with Crippen LogP contribution in [0.25, 0.3) is 0 Å². The maximum Gasteiger partial charge on any atom is 0.0710 e. The second-order valence-electron chi connectivity index (χ2n) is 5.37. The minimum atomic E-state index is 0.513. The highest BCUT2D eigenvalue weighted by Gasteiger charge is 2.47. The van der Waals surface area contributed by atoms with Gasteiger partial charge in [0.1, 0.15) is 0 Å². The van der Waals surface area contributed by atoms with Crippen molar-refractivity contribution in [3.63, 3.8) is 0 Å². The molecule has 2 unspecified atom stereocenters. The van der Waals surface area contributed by atoms with Gasteiger partial charge >= 0.3 is 0 Å². The minimum Gasteiger partial charge on any atom is -0.320 e. The van der Waals surface area contributed by atoms with Crippen LogP contribution in [0.4, 0.5) is 0 Å². The van der Waals surface area contributed by atoms with Gasteiger partial charge in [0.05, 0.1) is 12.1 Å². The van der Waals surface area contributed by atoms with Gasteiger partial charge in [-0.15, -0.1) is 11.3 Å². The van der Waals surface area contributed by atoms with E-state index in [0.717, 1.165) is 6.54 Å². The van der Waals surface area contributed by atoms with Gasteiger partial charge in [-0.2, -0.15) is 0 Å². The van der Waals surface area contributed by atoms with Gasteiger partial charge in [-0.3, -0.25) is 4.90 Å². The molecule has 2 nitrogen and oxygen atoms in total. The molecule has 3 heterocycles. The highest BCUT2D eigenvalue weighted by molar-refractivity contribution is 7.10. The van der Waals surface area contributed by atoms with Crippen LogP contribution in [-0.4, -0.2) is 25.0 Å². The lowest BCUT2D eigenvalue weighted by molar-refractivity contribution is 0.235. The molecule has 2 aliphatic rings. The second-order valence-corrected chi connectivity index (χ2v) is 6.32. The van der Waals surface area contributed by atoms with E-state index in [4.69, 9.17) is 0 Å². The number of nitrogens with one attached hydrogen (secondary N) is 1. The maximum absolute atomic E-state index is 3.25. The monoisotopic (exact) mass is 270 g/mol. The summed E-state index contributed by atoms with van der Waals surface area (Å²) in [6, 6.07) is 12.3. The molecular weight excluding hydrogens is 252 g/mol. The first-order valence-electron chi connectivity index (χ1n) is 6.98. The zero-order chi connectivity index (χ0) is 12.8. The quantitative estimate of drug-likeness (QED) is 0.859. The van der Waals surface area contributed by atoms with Crippen molar-refractivity contribution in [2.24, 2.45) is 0 Å². The summed E-state index contributed by atoms with van der Waals surface area (Å²) in [6.45, 7) is 2.27. The Bertz CT molecular complexity index is 559. The zero-order valence-electron chi connectivity index (χ0n) is 11.1. The summed E-state index contributed by atoms with van der Waals surface area (Å²) in [5, 5.41) is 5.51. The lowest BCUT2D eigenvalue weighted by atomic mass is 9.91. The lowest BCUT2D eigenvalue weighted by Gasteiger charge is -2.22. The Morgan fingerprint density at radius 3 is 2.68 bits per heavy atom. The average Bonchev–Trinajstić information content (AvgIpc) is 3.07. The van der Waals surface area contributed by atoms with Crippen LogP contribution in [0.15, 0.2) is 35.7 Å². The molecule has 0 fully saturated rings. The smallest absolute Gasteiger partial charge is 0.0710 e. The molecule has 1 N–H and O–H groups in total. The van der Waals surface area contributed by atoms with Gasteiger partial charge in [0.2, 0.25) is 0 Å². The molecule has 3 heteroatoms. The molecule has 2 aromatic rings. The van der Waals surface area contributed by atoms with Crippen LogP contribution in [0.1, 0.15) is 40.1 Å². The average molecular weight is 270 g/mol. The van der Waals surface area contributed by atoms with Crippen LogP contribution in [0.5, 0.6) is 0 Å². The van der Waals surface area contributed by atoms with Crippen LogP contribution in [0.2, 0.25) is 0 Å². The van der Waals surface area contributed by atoms with Gasteiger partial charge < -0.3 is 5.32 Å². The number of thiophene rings is 1. The van der Waals surface area contributed by atoms with Crippen molar-refractivity contribution in [3.05, 3.63) is 57.3 Å². The largest absolute Gasteiger partial charge is 0.320 e.